The maximum Gasteiger partial charge on any atom is 0.320 e. The predicted molar refractivity (Wildman–Crippen MR) is 58.7 cm³/mol. The molecule has 0 radical (unpaired) electrons. The Morgan fingerprint density at radius 3 is 2.40 bits per heavy atom. The fourth-order valence-electron chi connectivity index (χ4n) is 1.13. The first-order chi connectivity index (χ1) is 6.93. The summed E-state index contributed by atoms with van der Waals surface area (Å²) in [6.07, 6.45) is 1.27. The lowest BCUT2D eigenvalue weighted by molar-refractivity contribution is -0.139. The summed E-state index contributed by atoms with van der Waals surface area (Å²) >= 11 is 0. The van der Waals surface area contributed by atoms with Crippen LogP contribution in [0.1, 0.15) is 26.7 Å². The van der Waals surface area contributed by atoms with Crippen molar-refractivity contribution in [3.05, 3.63) is 0 Å². The molecule has 2 N–H and O–H groups in total. The van der Waals surface area contributed by atoms with E-state index in [1.165, 1.54) is 0 Å². The Hall–Kier alpha value is -0.620. The van der Waals surface area contributed by atoms with E-state index in [1.54, 1.807) is 6.92 Å². The number of aliphatic carboxylic acids is 1. The summed E-state index contributed by atoms with van der Waals surface area (Å²) < 4.78 is 22.2. The largest absolute Gasteiger partial charge is 0.480 e. The highest BCUT2D eigenvalue weighted by Gasteiger charge is 2.16. The van der Waals surface area contributed by atoms with Gasteiger partial charge in [0.25, 0.3) is 0 Å². The van der Waals surface area contributed by atoms with Gasteiger partial charge in [0.2, 0.25) is 0 Å². The molecule has 15 heavy (non-hydrogen) atoms. The number of hydrogen-bond acceptors (Lipinski definition) is 4. The Labute approximate surface area is 90.8 Å². The highest BCUT2D eigenvalue weighted by Crippen LogP contribution is 1.97. The zero-order chi connectivity index (χ0) is 11.9. The number of carboxylic acid groups (broad SMARTS) is 1. The molecule has 0 fully saturated rings. The summed E-state index contributed by atoms with van der Waals surface area (Å²) in [5.74, 6) is -0.831. The Morgan fingerprint density at radius 2 is 2.00 bits per heavy atom. The zero-order valence-corrected chi connectivity index (χ0v) is 10.0. The van der Waals surface area contributed by atoms with Crippen molar-refractivity contribution < 1.29 is 18.3 Å². The van der Waals surface area contributed by atoms with Crippen LogP contribution < -0.4 is 5.32 Å². The quantitative estimate of drug-likeness (QED) is 0.633. The summed E-state index contributed by atoms with van der Waals surface area (Å²) in [7, 11) is -3.01. The third kappa shape index (κ3) is 6.46. The van der Waals surface area contributed by atoms with E-state index < -0.39 is 21.8 Å². The SMILES string of the molecule is CCCC(NCCS(=O)(=O)CC)C(=O)O. The van der Waals surface area contributed by atoms with Crippen molar-refractivity contribution in [2.45, 2.75) is 32.7 Å². The van der Waals surface area contributed by atoms with Crippen LogP contribution in [-0.2, 0) is 14.6 Å². The Kier molecular flexibility index (Phi) is 6.51. The zero-order valence-electron chi connectivity index (χ0n) is 9.19. The van der Waals surface area contributed by atoms with Crippen LogP contribution >= 0.6 is 0 Å². The molecule has 0 heterocycles. The molecule has 0 saturated carbocycles. The number of hydrogen-bond donors (Lipinski definition) is 2. The second kappa shape index (κ2) is 6.79. The van der Waals surface area contributed by atoms with Crippen molar-refractivity contribution in [3.8, 4) is 0 Å². The molecule has 1 atom stereocenters. The molecule has 90 valence electrons. The second-order valence-corrected chi connectivity index (χ2v) is 5.84. The predicted octanol–water partition coefficient (Wildman–Crippen LogP) is 0.264. The maximum atomic E-state index is 11.1. The summed E-state index contributed by atoms with van der Waals surface area (Å²) in [5, 5.41) is 11.5. The van der Waals surface area contributed by atoms with Gasteiger partial charge in [-0.05, 0) is 6.42 Å². The first-order valence-corrected chi connectivity index (χ1v) is 6.91. The van der Waals surface area contributed by atoms with Crippen LogP contribution in [0.4, 0.5) is 0 Å². The first-order valence-electron chi connectivity index (χ1n) is 5.09. The van der Waals surface area contributed by atoms with Crippen LogP contribution in [0.2, 0.25) is 0 Å². The number of carboxylic acids is 1. The summed E-state index contributed by atoms with van der Waals surface area (Å²) in [4.78, 5) is 10.7. The molecular formula is C9H19NO4S. The van der Waals surface area contributed by atoms with Crippen LogP contribution in [-0.4, -0.2) is 43.6 Å². The van der Waals surface area contributed by atoms with E-state index in [9.17, 15) is 13.2 Å². The van der Waals surface area contributed by atoms with Gasteiger partial charge in [-0.1, -0.05) is 20.3 Å². The van der Waals surface area contributed by atoms with Crippen LogP contribution in [0.15, 0.2) is 0 Å². The molecule has 1 unspecified atom stereocenters. The van der Waals surface area contributed by atoms with E-state index >= 15 is 0 Å². The Bertz CT molecular complexity index is 286. The molecular weight excluding hydrogens is 218 g/mol. The fraction of sp³-hybridized carbons (Fsp3) is 0.889. The summed E-state index contributed by atoms with van der Waals surface area (Å²) in [5.41, 5.74) is 0. The first kappa shape index (κ1) is 14.4. The van der Waals surface area contributed by atoms with Crippen LogP contribution in [0.5, 0.6) is 0 Å². The number of carbonyl (C=O) groups is 1. The van der Waals surface area contributed by atoms with Crippen molar-refractivity contribution in [2.75, 3.05) is 18.1 Å². The second-order valence-electron chi connectivity index (χ2n) is 3.37. The lowest BCUT2D eigenvalue weighted by Gasteiger charge is -2.12. The van der Waals surface area contributed by atoms with Gasteiger partial charge in [0.05, 0.1) is 5.75 Å². The smallest absolute Gasteiger partial charge is 0.320 e. The number of nitrogens with one attached hydrogen (secondary N) is 1. The molecule has 5 nitrogen and oxygen atoms in total. The lowest BCUT2D eigenvalue weighted by atomic mass is 10.2. The van der Waals surface area contributed by atoms with Gasteiger partial charge in [-0.25, -0.2) is 8.42 Å². The third-order valence-electron chi connectivity index (χ3n) is 2.12. The van der Waals surface area contributed by atoms with Crippen LogP contribution in [0.3, 0.4) is 0 Å². The lowest BCUT2D eigenvalue weighted by Crippen LogP contribution is -2.39. The molecule has 6 heteroatoms. The maximum absolute atomic E-state index is 11.1. The molecule has 0 aromatic carbocycles. The molecule has 0 aromatic rings. The minimum atomic E-state index is -3.01. The number of rotatable bonds is 8. The average Bonchev–Trinajstić information content (AvgIpc) is 2.16. The standard InChI is InChI=1S/C9H19NO4S/c1-3-5-8(9(11)12)10-6-7-15(13,14)4-2/h8,10H,3-7H2,1-2H3,(H,11,12). The van der Waals surface area contributed by atoms with Crippen molar-refractivity contribution >= 4 is 15.8 Å². The van der Waals surface area contributed by atoms with Gasteiger partial charge in [0.1, 0.15) is 6.04 Å². The van der Waals surface area contributed by atoms with E-state index in [-0.39, 0.29) is 18.1 Å². The van der Waals surface area contributed by atoms with E-state index in [2.05, 4.69) is 5.32 Å². The average molecular weight is 237 g/mol. The van der Waals surface area contributed by atoms with Gasteiger partial charge in [-0.15, -0.1) is 0 Å². The minimum Gasteiger partial charge on any atom is -0.480 e. The highest BCUT2D eigenvalue weighted by atomic mass is 32.2. The van der Waals surface area contributed by atoms with E-state index in [4.69, 9.17) is 5.11 Å². The van der Waals surface area contributed by atoms with Gasteiger partial charge in [0, 0.05) is 12.3 Å². The topological polar surface area (TPSA) is 83.5 Å². The molecule has 0 aliphatic heterocycles. The van der Waals surface area contributed by atoms with Gasteiger partial charge >= 0.3 is 5.97 Å². The Balaban J connectivity index is 3.96. The summed E-state index contributed by atoms with van der Waals surface area (Å²) in [6, 6.07) is -0.637. The normalized spacial score (nSPS) is 13.7. The molecule has 0 bridgehead atoms. The molecule has 0 amide bonds. The van der Waals surface area contributed by atoms with Crippen molar-refractivity contribution in [1.29, 1.82) is 0 Å². The van der Waals surface area contributed by atoms with Gasteiger partial charge in [-0.3, -0.25) is 4.79 Å². The highest BCUT2D eigenvalue weighted by molar-refractivity contribution is 7.91. The minimum absolute atomic E-state index is 0.00298. The van der Waals surface area contributed by atoms with Gasteiger partial charge in [-0.2, -0.15) is 0 Å². The number of sulfone groups is 1. The third-order valence-corrected chi connectivity index (χ3v) is 3.82. The van der Waals surface area contributed by atoms with Gasteiger partial charge < -0.3 is 10.4 Å². The molecule has 0 spiro atoms. The van der Waals surface area contributed by atoms with Crippen LogP contribution in [0.25, 0.3) is 0 Å². The van der Waals surface area contributed by atoms with E-state index in [0.717, 1.165) is 6.42 Å². The van der Waals surface area contributed by atoms with Crippen molar-refractivity contribution in [1.82, 2.24) is 5.32 Å². The molecule has 0 aliphatic carbocycles. The van der Waals surface area contributed by atoms with Crippen molar-refractivity contribution in [3.63, 3.8) is 0 Å². The fourth-order valence-corrected chi connectivity index (χ4v) is 1.85. The monoisotopic (exact) mass is 237 g/mol. The Morgan fingerprint density at radius 1 is 1.40 bits per heavy atom. The molecule has 0 aliphatic rings. The van der Waals surface area contributed by atoms with E-state index in [1.807, 2.05) is 6.92 Å². The summed E-state index contributed by atoms with van der Waals surface area (Å²) in [6.45, 7) is 3.67. The van der Waals surface area contributed by atoms with Gasteiger partial charge in [0.15, 0.2) is 9.84 Å². The molecule has 0 saturated heterocycles. The van der Waals surface area contributed by atoms with E-state index in [0.29, 0.717) is 6.42 Å². The van der Waals surface area contributed by atoms with Crippen LogP contribution in [0, 0.1) is 0 Å². The van der Waals surface area contributed by atoms with Crippen molar-refractivity contribution in [2.24, 2.45) is 0 Å². The molecule has 0 aromatic heterocycles. The molecule has 0 rings (SSSR count).